The van der Waals surface area contributed by atoms with Crippen LogP contribution in [0.5, 0.6) is 11.5 Å². The van der Waals surface area contributed by atoms with Crippen LogP contribution in [0, 0.1) is 0 Å². The third kappa shape index (κ3) is 2.61. The summed E-state index contributed by atoms with van der Waals surface area (Å²) in [5.74, 6) is 1.73. The lowest BCUT2D eigenvalue weighted by Crippen LogP contribution is -2.23. The Morgan fingerprint density at radius 2 is 2.24 bits per heavy atom. The molecule has 17 heavy (non-hydrogen) atoms. The van der Waals surface area contributed by atoms with Gasteiger partial charge in [0.2, 0.25) is 0 Å². The zero-order chi connectivity index (χ0) is 12.1. The zero-order valence-corrected chi connectivity index (χ0v) is 10.2. The third-order valence-corrected chi connectivity index (χ3v) is 2.82. The highest BCUT2D eigenvalue weighted by atomic mass is 16.6. The number of fused-ring (bicyclic) bond motifs is 1. The van der Waals surface area contributed by atoms with Crippen molar-refractivity contribution >= 4 is 0 Å². The van der Waals surface area contributed by atoms with Crippen LogP contribution in [-0.2, 0) is 0 Å². The molecule has 0 amide bonds. The molecule has 1 heterocycles. The first-order valence-corrected chi connectivity index (χ1v) is 6.09. The molecular formula is C14H19NO2. The monoisotopic (exact) mass is 233 g/mol. The van der Waals surface area contributed by atoms with E-state index < -0.39 is 0 Å². The highest BCUT2D eigenvalue weighted by Crippen LogP contribution is 2.37. The van der Waals surface area contributed by atoms with Crippen LogP contribution in [-0.4, -0.2) is 19.8 Å². The van der Waals surface area contributed by atoms with Crippen LogP contribution in [0.25, 0.3) is 0 Å². The molecule has 2 rings (SSSR count). The lowest BCUT2D eigenvalue weighted by atomic mass is 10.0. The van der Waals surface area contributed by atoms with Crippen molar-refractivity contribution in [3.63, 3.8) is 0 Å². The molecule has 3 nitrogen and oxygen atoms in total. The van der Waals surface area contributed by atoms with Crippen molar-refractivity contribution in [2.45, 2.75) is 19.4 Å². The zero-order valence-electron chi connectivity index (χ0n) is 10.2. The van der Waals surface area contributed by atoms with Gasteiger partial charge in [0.1, 0.15) is 13.2 Å². The summed E-state index contributed by atoms with van der Waals surface area (Å²) in [6, 6.07) is 6.30. The van der Waals surface area contributed by atoms with Crippen molar-refractivity contribution in [2.24, 2.45) is 0 Å². The summed E-state index contributed by atoms with van der Waals surface area (Å²) in [5.41, 5.74) is 1.16. The largest absolute Gasteiger partial charge is 0.486 e. The van der Waals surface area contributed by atoms with Crippen molar-refractivity contribution < 1.29 is 9.47 Å². The van der Waals surface area contributed by atoms with Crippen LogP contribution in [0.1, 0.15) is 24.9 Å². The van der Waals surface area contributed by atoms with Crippen LogP contribution in [0.3, 0.4) is 0 Å². The first-order valence-electron chi connectivity index (χ1n) is 6.09. The number of rotatable bonds is 5. The van der Waals surface area contributed by atoms with Crippen molar-refractivity contribution in [1.29, 1.82) is 0 Å². The molecule has 0 saturated heterocycles. The minimum Gasteiger partial charge on any atom is -0.486 e. The Labute approximate surface area is 102 Å². The second-order valence-corrected chi connectivity index (χ2v) is 4.01. The normalized spacial score (nSPS) is 15.4. The molecule has 0 bridgehead atoms. The molecule has 0 saturated carbocycles. The topological polar surface area (TPSA) is 30.5 Å². The average molecular weight is 233 g/mol. The molecule has 1 unspecified atom stereocenters. The number of hydrogen-bond donors (Lipinski definition) is 1. The summed E-state index contributed by atoms with van der Waals surface area (Å²) in [7, 11) is 0. The van der Waals surface area contributed by atoms with Gasteiger partial charge in [0.15, 0.2) is 11.5 Å². The maximum atomic E-state index is 5.73. The first-order chi connectivity index (χ1) is 8.36. The number of ether oxygens (including phenoxy) is 2. The van der Waals surface area contributed by atoms with Gasteiger partial charge in [-0.2, -0.15) is 0 Å². The van der Waals surface area contributed by atoms with Gasteiger partial charge in [-0.15, -0.1) is 6.58 Å². The summed E-state index contributed by atoms with van der Waals surface area (Å²) in [4.78, 5) is 0. The van der Waals surface area contributed by atoms with E-state index in [-0.39, 0.29) is 6.04 Å². The van der Waals surface area contributed by atoms with Crippen molar-refractivity contribution in [2.75, 3.05) is 19.8 Å². The second-order valence-electron chi connectivity index (χ2n) is 4.01. The summed E-state index contributed by atoms with van der Waals surface area (Å²) in [5, 5.41) is 3.44. The van der Waals surface area contributed by atoms with Gasteiger partial charge in [-0.25, -0.2) is 0 Å². The quantitative estimate of drug-likeness (QED) is 0.793. The van der Waals surface area contributed by atoms with Crippen LogP contribution >= 0.6 is 0 Å². The molecule has 0 aliphatic carbocycles. The highest BCUT2D eigenvalue weighted by molar-refractivity contribution is 5.49. The Balaban J connectivity index is 2.31. The van der Waals surface area contributed by atoms with Gasteiger partial charge < -0.3 is 14.8 Å². The summed E-state index contributed by atoms with van der Waals surface area (Å²) in [6.45, 7) is 8.08. The van der Waals surface area contributed by atoms with E-state index in [0.29, 0.717) is 13.2 Å². The lowest BCUT2D eigenvalue weighted by molar-refractivity contribution is 0.168. The molecule has 0 aromatic heterocycles. The first kappa shape index (κ1) is 12.0. The van der Waals surface area contributed by atoms with Gasteiger partial charge in [0, 0.05) is 11.6 Å². The Kier molecular flexibility index (Phi) is 4.04. The highest BCUT2D eigenvalue weighted by Gasteiger charge is 2.20. The molecule has 1 N–H and O–H groups in total. The average Bonchev–Trinajstić information content (AvgIpc) is 2.38. The lowest BCUT2D eigenvalue weighted by Gasteiger charge is -2.25. The van der Waals surface area contributed by atoms with E-state index >= 15 is 0 Å². The van der Waals surface area contributed by atoms with Crippen molar-refractivity contribution in [1.82, 2.24) is 5.32 Å². The predicted molar refractivity (Wildman–Crippen MR) is 68.7 cm³/mol. The Morgan fingerprint density at radius 1 is 1.41 bits per heavy atom. The van der Waals surface area contributed by atoms with E-state index in [1.54, 1.807) is 0 Å². The van der Waals surface area contributed by atoms with Crippen molar-refractivity contribution in [3.05, 3.63) is 36.4 Å². The van der Waals surface area contributed by atoms with Crippen molar-refractivity contribution in [3.8, 4) is 11.5 Å². The van der Waals surface area contributed by atoms with Gasteiger partial charge in [0.05, 0.1) is 0 Å². The summed E-state index contributed by atoms with van der Waals surface area (Å²) < 4.78 is 11.3. The molecule has 0 radical (unpaired) electrons. The van der Waals surface area contributed by atoms with Gasteiger partial charge in [-0.3, -0.25) is 0 Å². The van der Waals surface area contributed by atoms with E-state index in [1.165, 1.54) is 0 Å². The minimum atomic E-state index is 0.245. The van der Waals surface area contributed by atoms with Gasteiger partial charge >= 0.3 is 0 Å². The summed E-state index contributed by atoms with van der Waals surface area (Å²) >= 11 is 0. The fourth-order valence-corrected chi connectivity index (χ4v) is 2.10. The van der Waals surface area contributed by atoms with E-state index in [0.717, 1.165) is 30.0 Å². The molecule has 1 aromatic carbocycles. The number of para-hydroxylation sites is 1. The SMILES string of the molecule is C=CCC(NCC)c1cccc2c1OCCO2. The van der Waals surface area contributed by atoms with Crippen LogP contribution in [0.4, 0.5) is 0 Å². The molecule has 1 aliphatic rings. The fourth-order valence-electron chi connectivity index (χ4n) is 2.10. The molecule has 3 heteroatoms. The molecule has 1 aliphatic heterocycles. The van der Waals surface area contributed by atoms with E-state index in [4.69, 9.17) is 9.47 Å². The fraction of sp³-hybridized carbons (Fsp3) is 0.429. The maximum Gasteiger partial charge on any atom is 0.166 e. The molecule has 0 spiro atoms. The second kappa shape index (κ2) is 5.73. The molecular weight excluding hydrogens is 214 g/mol. The molecule has 92 valence electrons. The number of hydrogen-bond acceptors (Lipinski definition) is 3. The van der Waals surface area contributed by atoms with E-state index in [9.17, 15) is 0 Å². The maximum absolute atomic E-state index is 5.73. The predicted octanol–water partition coefficient (Wildman–Crippen LogP) is 2.68. The van der Waals surface area contributed by atoms with Gasteiger partial charge in [0.25, 0.3) is 0 Å². The Hall–Kier alpha value is -1.48. The van der Waals surface area contributed by atoms with Gasteiger partial charge in [-0.1, -0.05) is 25.1 Å². The van der Waals surface area contributed by atoms with E-state index in [2.05, 4.69) is 24.9 Å². The Bertz CT molecular complexity index is 390. The minimum absolute atomic E-state index is 0.245. The molecule has 1 aromatic rings. The van der Waals surface area contributed by atoms with E-state index in [1.807, 2.05) is 18.2 Å². The Morgan fingerprint density at radius 3 is 3.00 bits per heavy atom. The summed E-state index contributed by atoms with van der Waals surface area (Å²) in [6.07, 6.45) is 2.81. The number of benzene rings is 1. The molecule has 0 fully saturated rings. The van der Waals surface area contributed by atoms with Crippen LogP contribution in [0.2, 0.25) is 0 Å². The third-order valence-electron chi connectivity index (χ3n) is 2.82. The van der Waals surface area contributed by atoms with Gasteiger partial charge in [-0.05, 0) is 19.0 Å². The standard InChI is InChI=1S/C14H19NO2/c1-3-6-12(15-4-2)11-7-5-8-13-14(11)17-10-9-16-13/h3,5,7-8,12,15H,1,4,6,9-10H2,2H3. The van der Waals surface area contributed by atoms with Crippen LogP contribution in [0.15, 0.2) is 30.9 Å². The number of nitrogens with one attached hydrogen (secondary N) is 1. The smallest absolute Gasteiger partial charge is 0.166 e. The van der Waals surface area contributed by atoms with Crippen LogP contribution < -0.4 is 14.8 Å². The molecule has 1 atom stereocenters.